The van der Waals surface area contributed by atoms with Crippen LogP contribution in [0.5, 0.6) is 11.6 Å². The number of nitrogens with zero attached hydrogens (tertiary/aromatic N) is 1. The molecule has 0 unspecified atom stereocenters. The van der Waals surface area contributed by atoms with Crippen molar-refractivity contribution in [1.29, 1.82) is 0 Å². The highest BCUT2D eigenvalue weighted by atomic mass is 32.2. The van der Waals surface area contributed by atoms with E-state index in [4.69, 9.17) is 9.47 Å². The summed E-state index contributed by atoms with van der Waals surface area (Å²) in [7, 11) is 0. The average molecular weight is 344 g/mol. The van der Waals surface area contributed by atoms with Gasteiger partial charge in [-0.15, -0.1) is 0 Å². The van der Waals surface area contributed by atoms with E-state index in [2.05, 4.69) is 10.3 Å². The molecule has 0 radical (unpaired) electrons. The van der Waals surface area contributed by atoms with Crippen molar-refractivity contribution in [3.8, 4) is 11.6 Å². The molecule has 24 heavy (non-hydrogen) atoms. The third-order valence-electron chi connectivity index (χ3n) is 3.61. The van der Waals surface area contributed by atoms with Gasteiger partial charge >= 0.3 is 0 Å². The van der Waals surface area contributed by atoms with Gasteiger partial charge in [0.05, 0.1) is 17.9 Å². The first-order valence-electron chi connectivity index (χ1n) is 8.00. The first-order valence-corrected chi connectivity index (χ1v) is 9.15. The molecular formula is C18H20N2O3S. The van der Waals surface area contributed by atoms with Crippen molar-refractivity contribution in [3.05, 3.63) is 48.2 Å². The molecule has 1 fully saturated rings. The van der Waals surface area contributed by atoms with E-state index in [1.807, 2.05) is 43.0 Å². The van der Waals surface area contributed by atoms with Crippen LogP contribution in [-0.2, 0) is 0 Å². The fraction of sp³-hybridized carbons (Fsp3) is 0.333. The number of carbonyl (C=O) groups is 1. The van der Waals surface area contributed by atoms with Crippen LogP contribution in [-0.4, -0.2) is 35.1 Å². The number of aromatic nitrogens is 1. The van der Waals surface area contributed by atoms with E-state index >= 15 is 0 Å². The number of pyridine rings is 1. The average Bonchev–Trinajstić information content (AvgIpc) is 3.10. The van der Waals surface area contributed by atoms with Gasteiger partial charge < -0.3 is 14.8 Å². The minimum atomic E-state index is -0.224. The molecule has 1 amide bonds. The SMILES string of the molecule is CCOc1ccccc1NC(=O)c1ccc(O[C@H]2CCSC2)nc1. The van der Waals surface area contributed by atoms with Crippen LogP contribution in [0.2, 0.25) is 0 Å². The number of hydrogen-bond donors (Lipinski definition) is 1. The lowest BCUT2D eigenvalue weighted by Gasteiger charge is -2.12. The van der Waals surface area contributed by atoms with Crippen LogP contribution in [0, 0.1) is 0 Å². The summed E-state index contributed by atoms with van der Waals surface area (Å²) in [5.41, 5.74) is 1.13. The molecule has 3 rings (SSSR count). The highest BCUT2D eigenvalue weighted by Crippen LogP contribution is 2.25. The van der Waals surface area contributed by atoms with Crippen LogP contribution in [0.15, 0.2) is 42.6 Å². The third-order valence-corrected chi connectivity index (χ3v) is 4.74. The molecule has 0 aliphatic carbocycles. The van der Waals surface area contributed by atoms with Gasteiger partial charge in [0.15, 0.2) is 0 Å². The minimum absolute atomic E-state index is 0.222. The zero-order valence-corrected chi connectivity index (χ0v) is 14.3. The molecule has 6 heteroatoms. The fourth-order valence-corrected chi connectivity index (χ4v) is 3.50. The summed E-state index contributed by atoms with van der Waals surface area (Å²) in [6.45, 7) is 2.45. The van der Waals surface area contributed by atoms with Crippen LogP contribution in [0.25, 0.3) is 0 Å². The van der Waals surface area contributed by atoms with Crippen LogP contribution >= 0.6 is 11.8 Å². The highest BCUT2D eigenvalue weighted by Gasteiger charge is 2.18. The van der Waals surface area contributed by atoms with E-state index in [0.29, 0.717) is 29.5 Å². The quantitative estimate of drug-likeness (QED) is 0.867. The van der Waals surface area contributed by atoms with E-state index in [1.165, 1.54) is 6.20 Å². The van der Waals surface area contributed by atoms with Crippen molar-refractivity contribution < 1.29 is 14.3 Å². The molecule has 1 N–H and O–H groups in total. The van der Waals surface area contributed by atoms with Gasteiger partial charge in [0.25, 0.3) is 5.91 Å². The zero-order chi connectivity index (χ0) is 16.8. The number of hydrogen-bond acceptors (Lipinski definition) is 5. The maximum atomic E-state index is 12.4. The van der Waals surface area contributed by atoms with E-state index < -0.39 is 0 Å². The highest BCUT2D eigenvalue weighted by molar-refractivity contribution is 7.99. The Morgan fingerprint density at radius 1 is 1.33 bits per heavy atom. The molecule has 1 atom stereocenters. The van der Waals surface area contributed by atoms with Gasteiger partial charge in [-0.05, 0) is 37.3 Å². The number of anilines is 1. The van der Waals surface area contributed by atoms with Gasteiger partial charge in [0.1, 0.15) is 11.9 Å². The van der Waals surface area contributed by atoms with Crippen molar-refractivity contribution in [2.75, 3.05) is 23.4 Å². The molecule has 0 saturated carbocycles. The Morgan fingerprint density at radius 3 is 2.92 bits per heavy atom. The lowest BCUT2D eigenvalue weighted by Crippen LogP contribution is -2.16. The number of nitrogens with one attached hydrogen (secondary N) is 1. The Morgan fingerprint density at radius 2 is 2.21 bits per heavy atom. The topological polar surface area (TPSA) is 60.5 Å². The Labute approximate surface area is 145 Å². The monoisotopic (exact) mass is 344 g/mol. The van der Waals surface area contributed by atoms with E-state index in [0.717, 1.165) is 17.9 Å². The molecule has 1 aliphatic rings. The van der Waals surface area contributed by atoms with Gasteiger partial charge in [0, 0.05) is 18.0 Å². The molecule has 2 aromatic rings. The Balaban J connectivity index is 1.64. The minimum Gasteiger partial charge on any atom is -0.492 e. The summed E-state index contributed by atoms with van der Waals surface area (Å²) in [6, 6.07) is 10.8. The maximum Gasteiger partial charge on any atom is 0.257 e. The number of benzene rings is 1. The molecule has 1 aromatic heterocycles. The Bertz CT molecular complexity index is 685. The molecule has 1 aliphatic heterocycles. The van der Waals surface area contributed by atoms with Crippen molar-refractivity contribution in [2.24, 2.45) is 0 Å². The number of rotatable bonds is 6. The summed E-state index contributed by atoms with van der Waals surface area (Å²) in [5, 5.41) is 2.86. The standard InChI is InChI=1S/C18H20N2O3S/c1-2-22-16-6-4-3-5-15(16)20-18(21)13-7-8-17(19-11-13)23-14-9-10-24-12-14/h3-8,11,14H,2,9-10,12H2,1H3,(H,20,21)/t14-/m0/s1. The summed E-state index contributed by atoms with van der Waals surface area (Å²) in [5.74, 6) is 3.12. The van der Waals surface area contributed by atoms with Crippen LogP contribution in [0.4, 0.5) is 5.69 Å². The Kier molecular flexibility index (Phi) is 5.59. The molecule has 2 heterocycles. The number of ether oxygens (including phenoxy) is 2. The van der Waals surface area contributed by atoms with Crippen LogP contribution < -0.4 is 14.8 Å². The third kappa shape index (κ3) is 4.20. The second-order valence-corrected chi connectivity index (χ2v) is 6.52. The number of thioether (sulfide) groups is 1. The lowest BCUT2D eigenvalue weighted by molar-refractivity contribution is 0.102. The molecule has 0 spiro atoms. The summed E-state index contributed by atoms with van der Waals surface area (Å²) >= 11 is 1.89. The van der Waals surface area contributed by atoms with Crippen molar-refractivity contribution in [1.82, 2.24) is 4.98 Å². The van der Waals surface area contributed by atoms with Gasteiger partial charge in [-0.25, -0.2) is 4.98 Å². The molecule has 5 nitrogen and oxygen atoms in total. The van der Waals surface area contributed by atoms with Gasteiger partial charge in [-0.1, -0.05) is 12.1 Å². The summed E-state index contributed by atoms with van der Waals surface area (Å²) in [6.07, 6.45) is 2.80. The van der Waals surface area contributed by atoms with Gasteiger partial charge in [-0.2, -0.15) is 11.8 Å². The smallest absolute Gasteiger partial charge is 0.257 e. The normalized spacial score (nSPS) is 16.6. The first kappa shape index (κ1) is 16.6. The van der Waals surface area contributed by atoms with Crippen molar-refractivity contribution in [3.63, 3.8) is 0 Å². The number of amides is 1. The first-order chi connectivity index (χ1) is 11.8. The largest absolute Gasteiger partial charge is 0.492 e. The maximum absolute atomic E-state index is 12.4. The summed E-state index contributed by atoms with van der Waals surface area (Å²) < 4.78 is 11.3. The molecule has 126 valence electrons. The molecule has 0 bridgehead atoms. The predicted molar refractivity (Wildman–Crippen MR) is 96.2 cm³/mol. The molecule has 1 aromatic carbocycles. The summed E-state index contributed by atoms with van der Waals surface area (Å²) in [4.78, 5) is 16.6. The molecule has 1 saturated heterocycles. The van der Waals surface area contributed by atoms with E-state index in [9.17, 15) is 4.79 Å². The number of carbonyl (C=O) groups excluding carboxylic acids is 1. The van der Waals surface area contributed by atoms with Gasteiger partial charge in [0.2, 0.25) is 5.88 Å². The predicted octanol–water partition coefficient (Wildman–Crippen LogP) is 3.62. The molecular weight excluding hydrogens is 324 g/mol. The second-order valence-electron chi connectivity index (χ2n) is 5.37. The van der Waals surface area contributed by atoms with Crippen LogP contribution in [0.1, 0.15) is 23.7 Å². The number of para-hydroxylation sites is 2. The Hall–Kier alpha value is -2.21. The van der Waals surface area contributed by atoms with Crippen LogP contribution in [0.3, 0.4) is 0 Å². The van der Waals surface area contributed by atoms with Crippen molar-refractivity contribution in [2.45, 2.75) is 19.4 Å². The van der Waals surface area contributed by atoms with E-state index in [1.54, 1.807) is 12.1 Å². The van der Waals surface area contributed by atoms with E-state index in [-0.39, 0.29) is 12.0 Å². The second kappa shape index (κ2) is 8.06. The lowest BCUT2D eigenvalue weighted by atomic mass is 10.2. The van der Waals surface area contributed by atoms with Gasteiger partial charge in [-0.3, -0.25) is 4.79 Å². The zero-order valence-electron chi connectivity index (χ0n) is 13.5. The van der Waals surface area contributed by atoms with Crippen molar-refractivity contribution >= 4 is 23.4 Å². The fourth-order valence-electron chi connectivity index (χ4n) is 2.41.